The number of carbonyl (C=O) groups excluding carboxylic acids is 1. The number of carbonyl (C=O) groups is 2. The van der Waals surface area contributed by atoms with Crippen molar-refractivity contribution in [3.05, 3.63) is 89.0 Å². The summed E-state index contributed by atoms with van der Waals surface area (Å²) in [6.07, 6.45) is 1.66. The Kier molecular flexibility index (Phi) is 6.08. The van der Waals surface area contributed by atoms with Gasteiger partial charge in [0.1, 0.15) is 0 Å². The molecule has 0 fully saturated rings. The van der Waals surface area contributed by atoms with Crippen molar-refractivity contribution in [2.75, 3.05) is 10.6 Å². The molecule has 0 unspecified atom stereocenters. The number of hydrogen-bond acceptors (Lipinski definition) is 3. The third-order valence-corrected chi connectivity index (χ3v) is 5.85. The fraction of sp³-hybridized carbons (Fsp3) is 0.185. The lowest BCUT2D eigenvalue weighted by atomic mass is 9.98. The zero-order valence-electron chi connectivity index (χ0n) is 18.2. The predicted molar refractivity (Wildman–Crippen MR) is 128 cm³/mol. The van der Waals surface area contributed by atoms with Crippen LogP contribution in [0.1, 0.15) is 30.4 Å². The smallest absolute Gasteiger partial charge is 0.332 e. The topological polar surface area (TPSA) is 78.4 Å². The van der Waals surface area contributed by atoms with Crippen LogP contribution in [0.25, 0.3) is 11.1 Å². The van der Waals surface area contributed by atoms with E-state index in [1.165, 1.54) is 16.7 Å². The number of amides is 1. The van der Waals surface area contributed by atoms with Crippen LogP contribution < -0.4 is 10.6 Å². The number of carboxylic acids is 1. The van der Waals surface area contributed by atoms with Gasteiger partial charge in [-0.05, 0) is 91.8 Å². The van der Waals surface area contributed by atoms with Gasteiger partial charge in [-0.3, -0.25) is 4.79 Å². The third kappa shape index (κ3) is 4.57. The number of aryl methyl sites for hydroxylation is 2. The van der Waals surface area contributed by atoms with Crippen LogP contribution in [0.15, 0.2) is 77.9 Å². The second-order valence-corrected chi connectivity index (χ2v) is 8.12. The van der Waals surface area contributed by atoms with E-state index >= 15 is 0 Å². The standard InChI is InChI=1S/C27H26N2O3/c1-17-6-3-4-7-22(17)19-10-15-25(18(2)16-19)28-20-11-13-21(14-12-20)29-26(30)23-8-5-9-24(23)27(31)32/h3-4,6-7,10-16,28H,5,8-9H2,1-2H3,(H,29,30)(H,31,32). The van der Waals surface area contributed by atoms with E-state index in [9.17, 15) is 14.7 Å². The van der Waals surface area contributed by atoms with Crippen molar-refractivity contribution in [2.45, 2.75) is 33.1 Å². The molecule has 0 radical (unpaired) electrons. The summed E-state index contributed by atoms with van der Waals surface area (Å²) in [5.41, 5.74) is 7.96. The second-order valence-electron chi connectivity index (χ2n) is 8.12. The number of anilines is 3. The molecular weight excluding hydrogens is 400 g/mol. The summed E-state index contributed by atoms with van der Waals surface area (Å²) in [7, 11) is 0. The lowest BCUT2D eigenvalue weighted by Crippen LogP contribution is -2.16. The summed E-state index contributed by atoms with van der Waals surface area (Å²) in [4.78, 5) is 23.8. The SMILES string of the molecule is Cc1cc(-c2ccccc2C)ccc1Nc1ccc(NC(=O)C2=C(C(=O)O)CCC2)cc1. The molecule has 0 aliphatic heterocycles. The molecule has 0 spiro atoms. The van der Waals surface area contributed by atoms with Crippen molar-refractivity contribution in [3.63, 3.8) is 0 Å². The first-order chi connectivity index (χ1) is 15.4. The third-order valence-electron chi connectivity index (χ3n) is 5.85. The van der Waals surface area contributed by atoms with Gasteiger partial charge < -0.3 is 15.7 Å². The van der Waals surface area contributed by atoms with Crippen LogP contribution in [-0.4, -0.2) is 17.0 Å². The minimum atomic E-state index is -1.00. The van der Waals surface area contributed by atoms with E-state index in [0.29, 0.717) is 30.5 Å². The number of hydrogen-bond donors (Lipinski definition) is 3. The number of benzene rings is 3. The van der Waals surface area contributed by atoms with Gasteiger partial charge in [0.25, 0.3) is 5.91 Å². The highest BCUT2D eigenvalue weighted by Gasteiger charge is 2.25. The fourth-order valence-electron chi connectivity index (χ4n) is 4.10. The first kappa shape index (κ1) is 21.4. The number of nitrogens with one attached hydrogen (secondary N) is 2. The average molecular weight is 427 g/mol. The van der Waals surface area contributed by atoms with Gasteiger partial charge in [-0.2, -0.15) is 0 Å². The summed E-state index contributed by atoms with van der Waals surface area (Å²) in [5, 5.41) is 15.5. The zero-order chi connectivity index (χ0) is 22.7. The first-order valence-electron chi connectivity index (χ1n) is 10.7. The van der Waals surface area contributed by atoms with Crippen LogP contribution in [0.2, 0.25) is 0 Å². The summed E-state index contributed by atoms with van der Waals surface area (Å²) in [6.45, 7) is 4.19. The fourth-order valence-corrected chi connectivity index (χ4v) is 4.10. The van der Waals surface area contributed by atoms with E-state index in [0.717, 1.165) is 16.9 Å². The number of aliphatic carboxylic acids is 1. The van der Waals surface area contributed by atoms with Crippen molar-refractivity contribution in [3.8, 4) is 11.1 Å². The average Bonchev–Trinajstić information content (AvgIpc) is 3.27. The van der Waals surface area contributed by atoms with Crippen LogP contribution >= 0.6 is 0 Å². The molecule has 3 aromatic carbocycles. The molecule has 32 heavy (non-hydrogen) atoms. The minimum Gasteiger partial charge on any atom is -0.478 e. The van der Waals surface area contributed by atoms with Crippen molar-refractivity contribution in [2.24, 2.45) is 0 Å². The molecule has 5 nitrogen and oxygen atoms in total. The van der Waals surface area contributed by atoms with E-state index in [-0.39, 0.29) is 11.5 Å². The van der Waals surface area contributed by atoms with Gasteiger partial charge in [-0.25, -0.2) is 4.79 Å². The Morgan fingerprint density at radius 3 is 2.19 bits per heavy atom. The molecule has 5 heteroatoms. The summed E-state index contributed by atoms with van der Waals surface area (Å²) in [5.74, 6) is -1.33. The van der Waals surface area contributed by atoms with E-state index < -0.39 is 5.97 Å². The molecule has 4 rings (SSSR count). The molecular formula is C27H26N2O3. The molecule has 1 aliphatic carbocycles. The highest BCUT2D eigenvalue weighted by atomic mass is 16.4. The van der Waals surface area contributed by atoms with E-state index in [2.05, 4.69) is 60.9 Å². The first-order valence-corrected chi connectivity index (χ1v) is 10.7. The molecule has 1 aliphatic rings. The molecule has 0 heterocycles. The quantitative estimate of drug-likeness (QED) is 0.437. The predicted octanol–water partition coefficient (Wildman–Crippen LogP) is 6.22. The summed E-state index contributed by atoms with van der Waals surface area (Å²) >= 11 is 0. The van der Waals surface area contributed by atoms with Gasteiger partial charge in [0.2, 0.25) is 0 Å². The van der Waals surface area contributed by atoms with Gasteiger partial charge in [0.05, 0.1) is 0 Å². The molecule has 0 atom stereocenters. The van der Waals surface area contributed by atoms with Crippen LogP contribution in [0.3, 0.4) is 0 Å². The Morgan fingerprint density at radius 2 is 1.50 bits per heavy atom. The second kappa shape index (κ2) is 9.10. The molecule has 3 aromatic rings. The Bertz CT molecular complexity index is 1210. The normalized spacial score (nSPS) is 13.2. The Morgan fingerprint density at radius 1 is 0.812 bits per heavy atom. The van der Waals surface area contributed by atoms with E-state index in [4.69, 9.17) is 0 Å². The van der Waals surface area contributed by atoms with Crippen LogP contribution in [0.5, 0.6) is 0 Å². The largest absolute Gasteiger partial charge is 0.478 e. The molecule has 1 amide bonds. The van der Waals surface area contributed by atoms with Gasteiger partial charge >= 0.3 is 5.97 Å². The molecule has 0 bridgehead atoms. The van der Waals surface area contributed by atoms with Crippen LogP contribution in [-0.2, 0) is 9.59 Å². The molecule has 162 valence electrons. The lowest BCUT2D eigenvalue weighted by Gasteiger charge is -2.13. The highest BCUT2D eigenvalue weighted by Crippen LogP contribution is 2.30. The van der Waals surface area contributed by atoms with E-state index in [1.807, 2.05) is 30.3 Å². The van der Waals surface area contributed by atoms with Gasteiger partial charge in [-0.1, -0.05) is 30.3 Å². The maximum absolute atomic E-state index is 12.5. The summed E-state index contributed by atoms with van der Waals surface area (Å²) < 4.78 is 0. The Labute approximate surface area is 187 Å². The zero-order valence-corrected chi connectivity index (χ0v) is 18.2. The highest BCUT2D eigenvalue weighted by molar-refractivity contribution is 6.09. The Balaban J connectivity index is 1.45. The van der Waals surface area contributed by atoms with Crippen molar-refractivity contribution in [1.29, 1.82) is 0 Å². The molecule has 0 saturated heterocycles. The van der Waals surface area contributed by atoms with Crippen LogP contribution in [0.4, 0.5) is 17.1 Å². The number of rotatable bonds is 6. The van der Waals surface area contributed by atoms with Gasteiger partial charge in [0.15, 0.2) is 0 Å². The van der Waals surface area contributed by atoms with Crippen LogP contribution in [0, 0.1) is 13.8 Å². The van der Waals surface area contributed by atoms with Crippen molar-refractivity contribution < 1.29 is 14.7 Å². The van der Waals surface area contributed by atoms with Crippen molar-refractivity contribution in [1.82, 2.24) is 0 Å². The minimum absolute atomic E-state index is 0.227. The number of carboxylic acid groups (broad SMARTS) is 1. The molecule has 0 saturated carbocycles. The van der Waals surface area contributed by atoms with Crippen molar-refractivity contribution >= 4 is 28.9 Å². The van der Waals surface area contributed by atoms with Gasteiger partial charge in [0, 0.05) is 28.2 Å². The summed E-state index contributed by atoms with van der Waals surface area (Å²) in [6, 6.07) is 22.1. The maximum Gasteiger partial charge on any atom is 0.332 e. The molecule has 0 aromatic heterocycles. The lowest BCUT2D eigenvalue weighted by molar-refractivity contribution is -0.133. The van der Waals surface area contributed by atoms with Gasteiger partial charge in [-0.15, -0.1) is 0 Å². The monoisotopic (exact) mass is 426 g/mol. The Hall–Kier alpha value is -3.86. The maximum atomic E-state index is 12.5. The van der Waals surface area contributed by atoms with E-state index in [1.54, 1.807) is 0 Å². The molecule has 3 N–H and O–H groups in total.